The van der Waals surface area contributed by atoms with Crippen molar-refractivity contribution in [3.05, 3.63) is 59.9 Å². The molecule has 0 atom stereocenters. The number of thiazole rings is 1. The lowest BCUT2D eigenvalue weighted by Gasteiger charge is -2.02. The molecule has 0 aliphatic carbocycles. The van der Waals surface area contributed by atoms with Crippen molar-refractivity contribution in [2.45, 2.75) is 6.92 Å². The summed E-state index contributed by atoms with van der Waals surface area (Å²) in [7, 11) is 0. The predicted octanol–water partition coefficient (Wildman–Crippen LogP) is 3.80. The molecule has 2 aromatic heterocycles. The number of amides is 1. The van der Waals surface area contributed by atoms with Gasteiger partial charge in [-0.15, -0.1) is 0 Å². The lowest BCUT2D eigenvalue weighted by atomic mass is 10.2. The molecule has 0 radical (unpaired) electrons. The van der Waals surface area contributed by atoms with Gasteiger partial charge in [0.05, 0.1) is 27.4 Å². The molecular weight excluding hydrogens is 308 g/mol. The minimum atomic E-state index is -0.306. The van der Waals surface area contributed by atoms with E-state index in [-0.39, 0.29) is 11.6 Å². The summed E-state index contributed by atoms with van der Waals surface area (Å²) in [5, 5.41) is 3.36. The Morgan fingerprint density at radius 3 is 2.74 bits per heavy atom. The average molecular weight is 320 g/mol. The number of nitrogens with one attached hydrogen (secondary N) is 1. The standard InChI is InChI=1S/C17H12N4OS/c1-10-6-7-13-15(8-10)23-17(20-13)21-16(22)14-9-18-11-4-2-3-5-12(11)19-14/h2-9H,1H3,(H,20,21,22). The number of hydrogen-bond donors (Lipinski definition) is 1. The van der Waals surface area contributed by atoms with Crippen molar-refractivity contribution in [3.63, 3.8) is 0 Å². The molecule has 4 rings (SSSR count). The minimum Gasteiger partial charge on any atom is -0.296 e. The van der Waals surface area contributed by atoms with Gasteiger partial charge in [0.15, 0.2) is 5.13 Å². The number of anilines is 1. The second-order valence-corrected chi connectivity index (χ2v) is 6.22. The predicted molar refractivity (Wildman–Crippen MR) is 91.8 cm³/mol. The van der Waals surface area contributed by atoms with Crippen molar-refractivity contribution in [3.8, 4) is 0 Å². The van der Waals surface area contributed by atoms with E-state index < -0.39 is 0 Å². The highest BCUT2D eigenvalue weighted by molar-refractivity contribution is 7.22. The number of carbonyl (C=O) groups excluding carboxylic acids is 1. The van der Waals surface area contributed by atoms with Crippen LogP contribution >= 0.6 is 11.3 Å². The third-order valence-corrected chi connectivity index (χ3v) is 4.38. The first-order valence-corrected chi connectivity index (χ1v) is 7.91. The molecule has 0 fully saturated rings. The zero-order valence-electron chi connectivity index (χ0n) is 12.3. The number of rotatable bonds is 2. The third-order valence-electron chi connectivity index (χ3n) is 3.45. The van der Waals surface area contributed by atoms with Crippen LogP contribution in [0.5, 0.6) is 0 Å². The number of carbonyl (C=O) groups is 1. The van der Waals surface area contributed by atoms with Crippen molar-refractivity contribution in [1.29, 1.82) is 0 Å². The van der Waals surface area contributed by atoms with Gasteiger partial charge in [-0.25, -0.2) is 9.97 Å². The van der Waals surface area contributed by atoms with E-state index in [1.165, 1.54) is 23.1 Å². The molecule has 6 heteroatoms. The topological polar surface area (TPSA) is 67.8 Å². The maximum absolute atomic E-state index is 12.4. The molecule has 112 valence electrons. The van der Waals surface area contributed by atoms with Crippen LogP contribution in [0.3, 0.4) is 0 Å². The van der Waals surface area contributed by atoms with Crippen molar-refractivity contribution in [2.24, 2.45) is 0 Å². The monoisotopic (exact) mass is 320 g/mol. The fourth-order valence-corrected chi connectivity index (χ4v) is 3.27. The summed E-state index contributed by atoms with van der Waals surface area (Å²) in [4.78, 5) is 25.4. The number of aromatic nitrogens is 3. The van der Waals surface area contributed by atoms with Crippen molar-refractivity contribution >= 4 is 43.6 Å². The molecule has 2 heterocycles. The number of benzene rings is 2. The van der Waals surface area contributed by atoms with Crippen molar-refractivity contribution in [1.82, 2.24) is 15.0 Å². The van der Waals surface area contributed by atoms with E-state index in [1.54, 1.807) is 0 Å². The Bertz CT molecular complexity index is 1040. The van der Waals surface area contributed by atoms with E-state index in [4.69, 9.17) is 0 Å². The largest absolute Gasteiger partial charge is 0.296 e. The van der Waals surface area contributed by atoms with Gasteiger partial charge in [0, 0.05) is 0 Å². The molecule has 0 aliphatic rings. The van der Waals surface area contributed by atoms with Gasteiger partial charge in [0.2, 0.25) is 0 Å². The van der Waals surface area contributed by atoms with Gasteiger partial charge in [0.1, 0.15) is 5.69 Å². The number of aryl methyl sites for hydroxylation is 1. The Labute approximate surface area is 136 Å². The van der Waals surface area contributed by atoms with E-state index in [0.29, 0.717) is 10.6 Å². The SMILES string of the molecule is Cc1ccc2nc(NC(=O)c3cnc4ccccc4n3)sc2c1. The number of hydrogen-bond acceptors (Lipinski definition) is 5. The molecule has 0 saturated carbocycles. The van der Waals surface area contributed by atoms with Crippen LogP contribution in [0.25, 0.3) is 21.3 Å². The molecule has 4 aromatic rings. The van der Waals surface area contributed by atoms with Gasteiger partial charge in [-0.1, -0.05) is 29.5 Å². The smallest absolute Gasteiger partial charge is 0.277 e. The van der Waals surface area contributed by atoms with Crippen molar-refractivity contribution < 1.29 is 4.79 Å². The van der Waals surface area contributed by atoms with Crippen LogP contribution in [0.1, 0.15) is 16.1 Å². The Hall–Kier alpha value is -2.86. The third kappa shape index (κ3) is 2.64. The summed E-state index contributed by atoms with van der Waals surface area (Å²) in [5.74, 6) is -0.306. The van der Waals surface area contributed by atoms with Gasteiger partial charge in [0.25, 0.3) is 5.91 Å². The van der Waals surface area contributed by atoms with Crippen LogP contribution < -0.4 is 5.32 Å². The average Bonchev–Trinajstić information content (AvgIpc) is 2.95. The Morgan fingerprint density at radius 2 is 1.87 bits per heavy atom. The summed E-state index contributed by atoms with van der Waals surface area (Å²) >= 11 is 1.45. The molecule has 0 spiro atoms. The second-order valence-electron chi connectivity index (χ2n) is 5.19. The van der Waals surface area contributed by atoms with Crippen LogP contribution in [0.4, 0.5) is 5.13 Å². The lowest BCUT2D eigenvalue weighted by molar-refractivity contribution is 0.102. The van der Waals surface area contributed by atoms with E-state index in [2.05, 4.69) is 26.3 Å². The molecule has 2 aromatic carbocycles. The summed E-state index contributed by atoms with van der Waals surface area (Å²) in [6.45, 7) is 2.03. The Kier molecular flexibility index (Phi) is 3.24. The maximum atomic E-state index is 12.4. The van der Waals surface area contributed by atoms with Gasteiger partial charge < -0.3 is 0 Å². The maximum Gasteiger partial charge on any atom is 0.277 e. The first kappa shape index (κ1) is 13.8. The summed E-state index contributed by atoms with van der Waals surface area (Å²) in [6, 6.07) is 13.5. The molecule has 0 saturated heterocycles. The molecule has 0 unspecified atom stereocenters. The van der Waals surface area contributed by atoms with Crippen molar-refractivity contribution in [2.75, 3.05) is 5.32 Å². The normalized spacial score (nSPS) is 11.0. The lowest BCUT2D eigenvalue weighted by Crippen LogP contribution is -2.13. The molecule has 5 nitrogen and oxygen atoms in total. The fraction of sp³-hybridized carbons (Fsp3) is 0.0588. The first-order valence-electron chi connectivity index (χ1n) is 7.09. The zero-order valence-corrected chi connectivity index (χ0v) is 13.1. The van der Waals surface area contributed by atoms with Gasteiger partial charge in [-0.3, -0.25) is 15.1 Å². The minimum absolute atomic E-state index is 0.277. The summed E-state index contributed by atoms with van der Waals surface area (Å²) in [6.07, 6.45) is 1.48. The summed E-state index contributed by atoms with van der Waals surface area (Å²) < 4.78 is 1.05. The number of fused-ring (bicyclic) bond motifs is 2. The molecule has 23 heavy (non-hydrogen) atoms. The summed E-state index contributed by atoms with van der Waals surface area (Å²) in [5.41, 5.74) is 3.78. The Balaban J connectivity index is 1.64. The van der Waals surface area contributed by atoms with E-state index in [1.807, 2.05) is 43.3 Å². The molecular formula is C17H12N4OS. The quantitative estimate of drug-likeness (QED) is 0.610. The van der Waals surface area contributed by atoms with Crippen LogP contribution in [0, 0.1) is 6.92 Å². The van der Waals surface area contributed by atoms with E-state index in [0.717, 1.165) is 15.7 Å². The van der Waals surface area contributed by atoms with Gasteiger partial charge in [-0.05, 0) is 36.8 Å². The Morgan fingerprint density at radius 1 is 1.04 bits per heavy atom. The highest BCUT2D eigenvalue weighted by atomic mass is 32.1. The van der Waals surface area contributed by atoms with Gasteiger partial charge >= 0.3 is 0 Å². The van der Waals surface area contributed by atoms with Crippen LogP contribution in [0.2, 0.25) is 0 Å². The molecule has 0 aliphatic heterocycles. The number of nitrogens with zero attached hydrogens (tertiary/aromatic N) is 3. The van der Waals surface area contributed by atoms with Gasteiger partial charge in [-0.2, -0.15) is 0 Å². The first-order chi connectivity index (χ1) is 11.2. The second kappa shape index (κ2) is 5.40. The molecule has 1 N–H and O–H groups in total. The van der Waals surface area contributed by atoms with Crippen LogP contribution in [0.15, 0.2) is 48.7 Å². The van der Waals surface area contributed by atoms with Crippen LogP contribution in [-0.4, -0.2) is 20.9 Å². The van der Waals surface area contributed by atoms with E-state index in [9.17, 15) is 4.79 Å². The highest BCUT2D eigenvalue weighted by Crippen LogP contribution is 2.26. The van der Waals surface area contributed by atoms with Crippen LogP contribution in [-0.2, 0) is 0 Å². The zero-order chi connectivity index (χ0) is 15.8. The highest BCUT2D eigenvalue weighted by Gasteiger charge is 2.12. The molecule has 0 bridgehead atoms. The fourth-order valence-electron chi connectivity index (χ4n) is 2.31. The molecule has 1 amide bonds. The number of para-hydroxylation sites is 2. The van der Waals surface area contributed by atoms with E-state index >= 15 is 0 Å².